The first-order valence-corrected chi connectivity index (χ1v) is 2.77. The summed E-state index contributed by atoms with van der Waals surface area (Å²) in [7, 11) is 1.63. The summed E-state index contributed by atoms with van der Waals surface area (Å²) in [5.41, 5.74) is 6.01. The standard InChI is InChI=1S/C5H9N3O.ClH/c1-8-5(9)2-4(3-6)7-8;/h2-3,6H2,1H3;1H. The first-order chi connectivity index (χ1) is 4.24. The molecule has 1 heterocycles. The van der Waals surface area contributed by atoms with Crippen molar-refractivity contribution in [2.24, 2.45) is 10.8 Å². The summed E-state index contributed by atoms with van der Waals surface area (Å²) in [5.74, 6) is 0.0236. The molecule has 1 amide bonds. The number of hydrogen-bond donors (Lipinski definition) is 1. The van der Waals surface area contributed by atoms with E-state index in [4.69, 9.17) is 5.73 Å². The fraction of sp³-hybridized carbons (Fsp3) is 0.600. The number of halogens is 1. The Morgan fingerprint density at radius 2 is 2.40 bits per heavy atom. The Morgan fingerprint density at radius 1 is 1.80 bits per heavy atom. The van der Waals surface area contributed by atoms with Gasteiger partial charge in [0.2, 0.25) is 5.91 Å². The molecular formula is C5H10ClN3O. The minimum atomic E-state index is 0. The smallest absolute Gasteiger partial charge is 0.248 e. The number of carbonyl (C=O) groups is 1. The Bertz CT molecular complexity index is 168. The van der Waals surface area contributed by atoms with E-state index < -0.39 is 0 Å². The van der Waals surface area contributed by atoms with Gasteiger partial charge in [-0.1, -0.05) is 0 Å². The normalized spacial score (nSPS) is 16.8. The zero-order chi connectivity index (χ0) is 6.85. The molecule has 5 heteroatoms. The van der Waals surface area contributed by atoms with E-state index in [-0.39, 0.29) is 18.3 Å². The molecule has 0 aliphatic carbocycles. The molecule has 10 heavy (non-hydrogen) atoms. The summed E-state index contributed by atoms with van der Waals surface area (Å²) in [6, 6.07) is 0. The van der Waals surface area contributed by atoms with Crippen LogP contribution in [-0.2, 0) is 4.79 Å². The maximum atomic E-state index is 10.7. The minimum absolute atomic E-state index is 0. The molecule has 0 spiro atoms. The summed E-state index contributed by atoms with van der Waals surface area (Å²) >= 11 is 0. The molecule has 0 fully saturated rings. The van der Waals surface area contributed by atoms with Crippen molar-refractivity contribution in [3.63, 3.8) is 0 Å². The molecule has 1 aliphatic heterocycles. The highest BCUT2D eigenvalue weighted by Crippen LogP contribution is 2.02. The third kappa shape index (κ3) is 1.68. The van der Waals surface area contributed by atoms with Crippen molar-refractivity contribution in [2.75, 3.05) is 13.6 Å². The van der Waals surface area contributed by atoms with Crippen LogP contribution in [0.15, 0.2) is 5.10 Å². The van der Waals surface area contributed by atoms with Gasteiger partial charge in [0.05, 0.1) is 12.1 Å². The summed E-state index contributed by atoms with van der Waals surface area (Å²) in [6.07, 6.45) is 0.396. The highest BCUT2D eigenvalue weighted by atomic mass is 35.5. The van der Waals surface area contributed by atoms with Gasteiger partial charge >= 0.3 is 0 Å². The van der Waals surface area contributed by atoms with Gasteiger partial charge in [-0.15, -0.1) is 12.4 Å². The van der Waals surface area contributed by atoms with E-state index in [1.54, 1.807) is 7.05 Å². The molecule has 4 nitrogen and oxygen atoms in total. The van der Waals surface area contributed by atoms with E-state index in [0.717, 1.165) is 5.71 Å². The topological polar surface area (TPSA) is 58.7 Å². The van der Waals surface area contributed by atoms with Crippen molar-refractivity contribution < 1.29 is 4.79 Å². The lowest BCUT2D eigenvalue weighted by atomic mass is 10.3. The first-order valence-electron chi connectivity index (χ1n) is 2.77. The predicted octanol–water partition coefficient (Wildman–Crippen LogP) is -0.415. The molecule has 0 aromatic heterocycles. The van der Waals surface area contributed by atoms with Crippen molar-refractivity contribution in [2.45, 2.75) is 6.42 Å². The average molecular weight is 164 g/mol. The number of hydrogen-bond acceptors (Lipinski definition) is 3. The van der Waals surface area contributed by atoms with Crippen molar-refractivity contribution in [1.29, 1.82) is 0 Å². The van der Waals surface area contributed by atoms with Crippen LogP contribution in [0.1, 0.15) is 6.42 Å². The highest BCUT2D eigenvalue weighted by Gasteiger charge is 2.17. The van der Waals surface area contributed by atoms with Crippen LogP contribution in [0.25, 0.3) is 0 Å². The average Bonchev–Trinajstić information content (AvgIpc) is 2.13. The van der Waals surface area contributed by atoms with E-state index in [1.807, 2.05) is 0 Å². The van der Waals surface area contributed by atoms with Crippen LogP contribution >= 0.6 is 12.4 Å². The summed E-state index contributed by atoms with van der Waals surface area (Å²) in [6.45, 7) is 0.385. The van der Waals surface area contributed by atoms with Crippen LogP contribution in [0.4, 0.5) is 0 Å². The third-order valence-corrected chi connectivity index (χ3v) is 1.24. The van der Waals surface area contributed by atoms with Gasteiger partial charge in [-0.25, -0.2) is 5.01 Å². The molecule has 0 aromatic carbocycles. The van der Waals surface area contributed by atoms with Crippen LogP contribution in [0, 0.1) is 0 Å². The number of carbonyl (C=O) groups excluding carboxylic acids is 1. The molecule has 2 N–H and O–H groups in total. The number of nitrogens with two attached hydrogens (primary N) is 1. The lowest BCUT2D eigenvalue weighted by molar-refractivity contribution is -0.127. The minimum Gasteiger partial charge on any atom is -0.325 e. The quantitative estimate of drug-likeness (QED) is 0.571. The maximum absolute atomic E-state index is 10.7. The Labute approximate surface area is 65.5 Å². The Morgan fingerprint density at radius 3 is 2.60 bits per heavy atom. The molecule has 0 unspecified atom stereocenters. The predicted molar refractivity (Wildman–Crippen MR) is 41.1 cm³/mol. The van der Waals surface area contributed by atoms with Gasteiger partial charge in [0, 0.05) is 13.6 Å². The first kappa shape index (κ1) is 9.39. The Hall–Kier alpha value is -0.610. The molecule has 0 saturated carbocycles. The Balaban J connectivity index is 0.000000810. The van der Waals surface area contributed by atoms with Crippen molar-refractivity contribution >= 4 is 24.0 Å². The van der Waals surface area contributed by atoms with E-state index in [0.29, 0.717) is 13.0 Å². The van der Waals surface area contributed by atoms with Gasteiger partial charge in [-0.3, -0.25) is 4.79 Å². The number of amides is 1. The zero-order valence-electron chi connectivity index (χ0n) is 5.70. The van der Waals surface area contributed by atoms with Gasteiger partial charge in [0.25, 0.3) is 0 Å². The second-order valence-electron chi connectivity index (χ2n) is 1.96. The zero-order valence-corrected chi connectivity index (χ0v) is 6.52. The van der Waals surface area contributed by atoms with Crippen LogP contribution in [-0.4, -0.2) is 30.2 Å². The van der Waals surface area contributed by atoms with Crippen LogP contribution in [0.5, 0.6) is 0 Å². The Kier molecular flexibility index (Phi) is 3.32. The SMILES string of the molecule is CN1N=C(CN)CC1=O.Cl. The van der Waals surface area contributed by atoms with E-state index in [1.165, 1.54) is 5.01 Å². The third-order valence-electron chi connectivity index (χ3n) is 1.24. The fourth-order valence-electron chi connectivity index (χ4n) is 0.705. The van der Waals surface area contributed by atoms with E-state index in [2.05, 4.69) is 5.10 Å². The lowest BCUT2D eigenvalue weighted by Gasteiger charge is -1.98. The molecule has 58 valence electrons. The fourth-order valence-corrected chi connectivity index (χ4v) is 0.705. The number of nitrogens with zero attached hydrogens (tertiary/aromatic N) is 2. The van der Waals surface area contributed by atoms with Gasteiger partial charge in [0.15, 0.2) is 0 Å². The second-order valence-corrected chi connectivity index (χ2v) is 1.96. The van der Waals surface area contributed by atoms with Gasteiger partial charge in [-0.2, -0.15) is 5.10 Å². The molecule has 0 radical (unpaired) electrons. The second kappa shape index (κ2) is 3.53. The molecule has 1 aliphatic rings. The van der Waals surface area contributed by atoms with E-state index in [9.17, 15) is 4.79 Å². The molecule has 0 saturated heterocycles. The van der Waals surface area contributed by atoms with Crippen LogP contribution in [0.3, 0.4) is 0 Å². The van der Waals surface area contributed by atoms with Gasteiger partial charge in [-0.05, 0) is 0 Å². The van der Waals surface area contributed by atoms with Crippen molar-refractivity contribution in [1.82, 2.24) is 5.01 Å². The largest absolute Gasteiger partial charge is 0.325 e. The lowest BCUT2D eigenvalue weighted by Crippen LogP contribution is -2.15. The summed E-state index contributed by atoms with van der Waals surface area (Å²) in [5, 5.41) is 5.19. The summed E-state index contributed by atoms with van der Waals surface area (Å²) in [4.78, 5) is 10.7. The van der Waals surface area contributed by atoms with E-state index >= 15 is 0 Å². The number of rotatable bonds is 1. The molecule has 1 rings (SSSR count). The van der Waals surface area contributed by atoms with Gasteiger partial charge < -0.3 is 5.73 Å². The van der Waals surface area contributed by atoms with Crippen LogP contribution < -0.4 is 5.73 Å². The molecule has 0 atom stereocenters. The van der Waals surface area contributed by atoms with Crippen molar-refractivity contribution in [3.05, 3.63) is 0 Å². The maximum Gasteiger partial charge on any atom is 0.248 e. The van der Waals surface area contributed by atoms with Gasteiger partial charge in [0.1, 0.15) is 0 Å². The monoisotopic (exact) mass is 163 g/mol. The molecular weight excluding hydrogens is 154 g/mol. The highest BCUT2D eigenvalue weighted by molar-refractivity contribution is 6.05. The molecule has 0 aromatic rings. The molecule has 0 bridgehead atoms. The summed E-state index contributed by atoms with van der Waals surface area (Å²) < 4.78 is 0. The van der Waals surface area contributed by atoms with Crippen molar-refractivity contribution in [3.8, 4) is 0 Å². The number of hydrazone groups is 1. The van der Waals surface area contributed by atoms with Crippen LogP contribution in [0.2, 0.25) is 0 Å².